The Morgan fingerprint density at radius 2 is 1.81 bits per heavy atom. The molecule has 3 aromatic carbocycles. The van der Waals surface area contributed by atoms with Crippen molar-refractivity contribution in [3.8, 4) is 23.3 Å². The highest BCUT2D eigenvalue weighted by Gasteiger charge is 2.31. The van der Waals surface area contributed by atoms with E-state index in [9.17, 15) is 20.2 Å². The summed E-state index contributed by atoms with van der Waals surface area (Å²) in [6, 6.07) is 19.4. The second-order valence-corrected chi connectivity index (χ2v) is 8.09. The van der Waals surface area contributed by atoms with Crippen LogP contribution in [-0.4, -0.2) is 17.5 Å². The molecule has 1 unspecified atom stereocenters. The Hall–Kier alpha value is -4.84. The lowest BCUT2D eigenvalue weighted by Crippen LogP contribution is -2.21. The van der Waals surface area contributed by atoms with E-state index in [1.54, 1.807) is 48.5 Å². The van der Waals surface area contributed by atoms with Crippen molar-refractivity contribution in [2.24, 2.45) is 5.73 Å². The second-order valence-electron chi connectivity index (χ2n) is 8.09. The average molecular weight is 485 g/mol. The molecule has 182 valence electrons. The molecule has 0 fully saturated rings. The van der Waals surface area contributed by atoms with Crippen LogP contribution in [0.15, 0.2) is 78.2 Å². The van der Waals surface area contributed by atoms with Gasteiger partial charge in [0.15, 0.2) is 0 Å². The van der Waals surface area contributed by atoms with E-state index in [0.29, 0.717) is 34.8 Å². The maximum atomic E-state index is 12.7. The minimum Gasteiger partial charge on any atom is -0.494 e. The van der Waals surface area contributed by atoms with Crippen molar-refractivity contribution >= 4 is 11.7 Å². The highest BCUT2D eigenvalue weighted by atomic mass is 16.6. The number of hydrogen-bond acceptors (Lipinski definition) is 8. The summed E-state index contributed by atoms with van der Waals surface area (Å²) in [7, 11) is 0. The largest absolute Gasteiger partial charge is 0.494 e. The summed E-state index contributed by atoms with van der Waals surface area (Å²) in [4.78, 5) is 23.2. The maximum absolute atomic E-state index is 12.7. The van der Waals surface area contributed by atoms with Gasteiger partial charge in [-0.05, 0) is 42.3 Å². The third kappa shape index (κ3) is 5.13. The van der Waals surface area contributed by atoms with E-state index in [4.69, 9.17) is 19.9 Å². The maximum Gasteiger partial charge on any atom is 0.343 e. The van der Waals surface area contributed by atoms with Gasteiger partial charge in [-0.2, -0.15) is 5.26 Å². The van der Waals surface area contributed by atoms with E-state index >= 15 is 0 Å². The number of unbranched alkanes of at least 4 members (excludes halogenated alkanes) is 1. The lowest BCUT2D eigenvalue weighted by molar-refractivity contribution is -0.384. The quantitative estimate of drug-likeness (QED) is 0.151. The van der Waals surface area contributed by atoms with Gasteiger partial charge in [0, 0.05) is 23.8 Å². The molecular weight excluding hydrogens is 462 g/mol. The van der Waals surface area contributed by atoms with Gasteiger partial charge in [0.2, 0.25) is 5.88 Å². The Bertz CT molecular complexity index is 1360. The summed E-state index contributed by atoms with van der Waals surface area (Å²) in [6.45, 7) is 2.69. The van der Waals surface area contributed by atoms with Gasteiger partial charge < -0.3 is 19.9 Å². The van der Waals surface area contributed by atoms with Crippen molar-refractivity contribution in [2.45, 2.75) is 25.7 Å². The average Bonchev–Trinajstić information content (AvgIpc) is 2.88. The minimum absolute atomic E-state index is 0.0655. The van der Waals surface area contributed by atoms with Crippen LogP contribution in [0.3, 0.4) is 0 Å². The van der Waals surface area contributed by atoms with E-state index in [0.717, 1.165) is 12.8 Å². The van der Waals surface area contributed by atoms with Crippen molar-refractivity contribution in [1.82, 2.24) is 0 Å². The van der Waals surface area contributed by atoms with Crippen LogP contribution in [0, 0.1) is 21.4 Å². The van der Waals surface area contributed by atoms with Crippen LogP contribution in [0.25, 0.3) is 0 Å². The highest BCUT2D eigenvalue weighted by molar-refractivity contribution is 5.91. The standard InChI is InChI=1S/C27H23N3O6/c1-2-3-14-34-20-10-6-18(7-11-20)27(31)35-21-12-13-22-24(15-21)36-26(29)23(16-28)25(22)17-4-8-19(9-5-17)30(32)33/h4-13,15,25H,2-3,14,29H2,1H3. The van der Waals surface area contributed by atoms with Crippen molar-refractivity contribution in [1.29, 1.82) is 5.26 Å². The molecule has 0 bridgehead atoms. The second kappa shape index (κ2) is 10.6. The van der Waals surface area contributed by atoms with Gasteiger partial charge >= 0.3 is 5.97 Å². The minimum atomic E-state index is -0.593. The van der Waals surface area contributed by atoms with E-state index in [1.807, 2.05) is 0 Å². The van der Waals surface area contributed by atoms with Crippen LogP contribution in [0.4, 0.5) is 5.69 Å². The summed E-state index contributed by atoms with van der Waals surface area (Å²) in [5.74, 6) is -0.00778. The number of rotatable bonds is 8. The summed E-state index contributed by atoms with van der Waals surface area (Å²) < 4.78 is 16.8. The molecule has 0 aromatic heterocycles. The predicted octanol–water partition coefficient (Wildman–Crippen LogP) is 5.21. The third-order valence-corrected chi connectivity index (χ3v) is 5.69. The number of nitro benzene ring substituents is 1. The van der Waals surface area contributed by atoms with Gasteiger partial charge in [-0.1, -0.05) is 31.5 Å². The Morgan fingerprint density at radius 3 is 2.44 bits per heavy atom. The number of allylic oxidation sites excluding steroid dienone is 1. The van der Waals surface area contributed by atoms with Gasteiger partial charge in [0.1, 0.15) is 28.9 Å². The molecule has 1 atom stereocenters. The first-order valence-electron chi connectivity index (χ1n) is 11.3. The fourth-order valence-corrected chi connectivity index (χ4v) is 3.82. The van der Waals surface area contributed by atoms with Gasteiger partial charge in [-0.15, -0.1) is 0 Å². The third-order valence-electron chi connectivity index (χ3n) is 5.69. The van der Waals surface area contributed by atoms with Crippen LogP contribution < -0.4 is 19.9 Å². The topological polar surface area (TPSA) is 138 Å². The number of carbonyl (C=O) groups excluding carboxylic acids is 1. The normalized spacial score (nSPS) is 14.3. The molecule has 1 heterocycles. The first-order chi connectivity index (χ1) is 17.4. The number of nitriles is 1. The van der Waals surface area contributed by atoms with Crippen LogP contribution in [0.1, 0.15) is 47.2 Å². The number of esters is 1. The Morgan fingerprint density at radius 1 is 1.11 bits per heavy atom. The summed E-state index contributed by atoms with van der Waals surface area (Å²) >= 11 is 0. The van der Waals surface area contributed by atoms with Crippen molar-refractivity contribution < 1.29 is 23.9 Å². The SMILES string of the molecule is CCCCOc1ccc(C(=O)Oc2ccc3c(c2)OC(N)=C(C#N)C3c2ccc([N+](=O)[O-])cc2)cc1. The number of non-ortho nitro benzene ring substituents is 1. The van der Waals surface area contributed by atoms with E-state index in [-0.39, 0.29) is 22.9 Å². The number of nitrogens with zero attached hydrogens (tertiary/aromatic N) is 2. The fraction of sp³-hybridized carbons (Fsp3) is 0.185. The molecular formula is C27H23N3O6. The molecule has 9 nitrogen and oxygen atoms in total. The molecule has 0 amide bonds. The smallest absolute Gasteiger partial charge is 0.343 e. The van der Waals surface area contributed by atoms with E-state index < -0.39 is 16.8 Å². The first-order valence-corrected chi connectivity index (χ1v) is 11.3. The van der Waals surface area contributed by atoms with Crippen molar-refractivity contribution in [3.05, 3.63) is 105 Å². The Balaban J connectivity index is 1.56. The summed E-state index contributed by atoms with van der Waals surface area (Å²) in [6.07, 6.45) is 1.98. The highest BCUT2D eigenvalue weighted by Crippen LogP contribution is 2.43. The van der Waals surface area contributed by atoms with E-state index in [1.165, 1.54) is 18.2 Å². The zero-order valence-corrected chi connectivity index (χ0v) is 19.5. The predicted molar refractivity (Wildman–Crippen MR) is 131 cm³/mol. The first kappa shape index (κ1) is 24.3. The van der Waals surface area contributed by atoms with Gasteiger partial charge in [0.25, 0.3) is 5.69 Å². The fourth-order valence-electron chi connectivity index (χ4n) is 3.82. The Kier molecular flexibility index (Phi) is 7.16. The molecule has 0 aliphatic carbocycles. The van der Waals surface area contributed by atoms with Gasteiger partial charge in [-0.25, -0.2) is 4.79 Å². The van der Waals surface area contributed by atoms with E-state index in [2.05, 4.69) is 13.0 Å². The van der Waals surface area contributed by atoms with Gasteiger partial charge in [-0.3, -0.25) is 10.1 Å². The van der Waals surface area contributed by atoms with Crippen LogP contribution >= 0.6 is 0 Å². The molecule has 0 spiro atoms. The molecule has 0 saturated heterocycles. The van der Waals surface area contributed by atoms with Crippen molar-refractivity contribution in [2.75, 3.05) is 6.61 Å². The molecule has 2 N–H and O–H groups in total. The number of nitrogens with two attached hydrogens (primary N) is 1. The molecule has 1 aliphatic heterocycles. The van der Waals surface area contributed by atoms with Crippen LogP contribution in [0.5, 0.6) is 17.2 Å². The number of nitro groups is 1. The number of benzene rings is 3. The zero-order chi connectivity index (χ0) is 25.7. The lowest BCUT2D eigenvalue weighted by Gasteiger charge is -2.26. The molecule has 36 heavy (non-hydrogen) atoms. The molecule has 3 aromatic rings. The molecule has 0 radical (unpaired) electrons. The number of hydrogen-bond donors (Lipinski definition) is 1. The summed E-state index contributed by atoms with van der Waals surface area (Å²) in [5, 5.41) is 20.7. The van der Waals surface area contributed by atoms with Gasteiger partial charge in [0.05, 0.1) is 23.0 Å². The number of fused-ring (bicyclic) bond motifs is 1. The molecule has 9 heteroatoms. The number of ether oxygens (including phenoxy) is 3. The van der Waals surface area contributed by atoms with Crippen LogP contribution in [-0.2, 0) is 0 Å². The monoisotopic (exact) mass is 485 g/mol. The summed E-state index contributed by atoms with van der Waals surface area (Å²) in [5.41, 5.74) is 7.74. The van der Waals surface area contributed by atoms with Crippen molar-refractivity contribution in [3.63, 3.8) is 0 Å². The molecule has 4 rings (SSSR count). The zero-order valence-electron chi connectivity index (χ0n) is 19.5. The Labute approximate surface area is 207 Å². The van der Waals surface area contributed by atoms with Crippen LogP contribution in [0.2, 0.25) is 0 Å². The number of carbonyl (C=O) groups is 1. The molecule has 0 saturated carbocycles. The molecule has 1 aliphatic rings. The lowest BCUT2D eigenvalue weighted by atomic mass is 9.83.